The minimum absolute atomic E-state index is 0.0898. The molecule has 7 heteroatoms. The average molecular weight is 317 g/mol. The summed E-state index contributed by atoms with van der Waals surface area (Å²) in [6, 6.07) is 1.82. The molecule has 1 heterocycles. The fourth-order valence-corrected chi connectivity index (χ4v) is 3.21. The summed E-state index contributed by atoms with van der Waals surface area (Å²) in [6.45, 7) is 8.85. The van der Waals surface area contributed by atoms with Gasteiger partial charge in [0.25, 0.3) is 0 Å². The Morgan fingerprint density at radius 1 is 1.33 bits per heavy atom. The number of sulfonamides is 1. The van der Waals surface area contributed by atoms with Gasteiger partial charge in [0.2, 0.25) is 10.0 Å². The molecule has 0 fully saturated rings. The number of rotatable bonds is 8. The molecule has 1 rings (SSSR count). The van der Waals surface area contributed by atoms with Crippen LogP contribution in [-0.4, -0.2) is 43.6 Å². The van der Waals surface area contributed by atoms with E-state index in [2.05, 4.69) is 0 Å². The average Bonchev–Trinajstić information content (AvgIpc) is 2.82. The minimum atomic E-state index is -3.51. The van der Waals surface area contributed by atoms with Gasteiger partial charge >= 0.3 is 0 Å². The summed E-state index contributed by atoms with van der Waals surface area (Å²) in [5.41, 5.74) is 6.50. The lowest BCUT2D eigenvalue weighted by atomic mass is 10.3. The van der Waals surface area contributed by atoms with Crippen LogP contribution in [0, 0.1) is 0 Å². The topological polar surface area (TPSA) is 77.6 Å². The van der Waals surface area contributed by atoms with Crippen LogP contribution in [0.3, 0.4) is 0 Å². The molecule has 1 aromatic rings. The minimum Gasteiger partial charge on any atom is -0.377 e. The molecule has 21 heavy (non-hydrogen) atoms. The summed E-state index contributed by atoms with van der Waals surface area (Å²) in [7, 11) is -1.94. The van der Waals surface area contributed by atoms with Crippen LogP contribution in [0.5, 0.6) is 0 Å². The molecule has 0 saturated carbocycles. The lowest BCUT2D eigenvalue weighted by molar-refractivity contribution is 0.0737. The summed E-state index contributed by atoms with van der Waals surface area (Å²) >= 11 is 0. The van der Waals surface area contributed by atoms with Crippen LogP contribution in [0.4, 0.5) is 0 Å². The highest BCUT2D eigenvalue weighted by atomic mass is 32.2. The van der Waals surface area contributed by atoms with E-state index in [0.717, 1.165) is 5.69 Å². The maximum absolute atomic E-state index is 12.5. The van der Waals surface area contributed by atoms with Gasteiger partial charge in [-0.05, 0) is 33.8 Å². The fraction of sp³-hybridized carbons (Fsp3) is 0.714. The molecular formula is C14H27N3O3S. The van der Waals surface area contributed by atoms with E-state index in [1.54, 1.807) is 19.3 Å². The molecule has 0 spiro atoms. The largest absolute Gasteiger partial charge is 0.377 e. The molecule has 0 aliphatic heterocycles. The normalized spacial score (nSPS) is 12.8. The fourth-order valence-electron chi connectivity index (χ4n) is 2.00. The van der Waals surface area contributed by atoms with Crippen molar-refractivity contribution in [3.63, 3.8) is 0 Å². The molecule has 0 aromatic carbocycles. The highest BCUT2D eigenvalue weighted by molar-refractivity contribution is 7.89. The van der Waals surface area contributed by atoms with E-state index in [0.29, 0.717) is 19.7 Å². The van der Waals surface area contributed by atoms with E-state index in [1.165, 1.54) is 4.31 Å². The Kier molecular flexibility index (Phi) is 6.40. The van der Waals surface area contributed by atoms with Crippen LogP contribution in [0.1, 0.15) is 39.4 Å². The van der Waals surface area contributed by atoms with Crippen molar-refractivity contribution < 1.29 is 13.2 Å². The quantitative estimate of drug-likeness (QED) is 0.789. The number of ether oxygens (including phenoxy) is 1. The maximum atomic E-state index is 12.5. The number of hydrogen-bond donors (Lipinski definition) is 1. The van der Waals surface area contributed by atoms with Crippen molar-refractivity contribution >= 4 is 10.0 Å². The highest BCUT2D eigenvalue weighted by Gasteiger charge is 2.23. The third-order valence-electron chi connectivity index (χ3n) is 3.24. The molecule has 122 valence electrons. The first-order chi connectivity index (χ1) is 9.70. The molecule has 0 amide bonds. The second kappa shape index (κ2) is 7.40. The van der Waals surface area contributed by atoms with Crippen molar-refractivity contribution in [3.8, 4) is 0 Å². The van der Waals surface area contributed by atoms with Gasteiger partial charge in [0.1, 0.15) is 4.90 Å². The molecule has 6 nitrogen and oxygen atoms in total. The summed E-state index contributed by atoms with van der Waals surface area (Å²) in [5.74, 6) is 0. The van der Waals surface area contributed by atoms with Crippen molar-refractivity contribution in [3.05, 3.63) is 18.0 Å². The van der Waals surface area contributed by atoms with Gasteiger partial charge < -0.3 is 15.0 Å². The number of likely N-dealkylation sites (N-methyl/N-ethyl adjacent to an activating group) is 1. The molecule has 0 aliphatic carbocycles. The van der Waals surface area contributed by atoms with Crippen molar-refractivity contribution in [1.82, 2.24) is 8.87 Å². The summed E-state index contributed by atoms with van der Waals surface area (Å²) in [5, 5.41) is 0. The van der Waals surface area contributed by atoms with Gasteiger partial charge in [-0.15, -0.1) is 0 Å². The standard InChI is InChI=1S/C14H27N3O3S/c1-11(2)17-10-14(8-13(17)9-15)21(18,19)16(5)6-7-20-12(3)4/h8,10-12H,6-7,9,15H2,1-5H3. The van der Waals surface area contributed by atoms with Gasteiger partial charge in [-0.1, -0.05) is 0 Å². The van der Waals surface area contributed by atoms with Gasteiger partial charge in [-0.2, -0.15) is 4.31 Å². The van der Waals surface area contributed by atoms with Crippen LogP contribution in [0.15, 0.2) is 17.2 Å². The van der Waals surface area contributed by atoms with Crippen molar-refractivity contribution in [1.29, 1.82) is 0 Å². The predicted octanol–water partition coefficient (Wildman–Crippen LogP) is 1.57. The number of hydrogen-bond acceptors (Lipinski definition) is 4. The van der Waals surface area contributed by atoms with Crippen LogP contribution >= 0.6 is 0 Å². The molecule has 1 aromatic heterocycles. The van der Waals surface area contributed by atoms with Crippen molar-refractivity contribution in [2.24, 2.45) is 5.73 Å². The Morgan fingerprint density at radius 2 is 1.95 bits per heavy atom. The zero-order chi connectivity index (χ0) is 16.2. The van der Waals surface area contributed by atoms with E-state index in [9.17, 15) is 8.42 Å². The maximum Gasteiger partial charge on any atom is 0.244 e. The van der Waals surface area contributed by atoms with E-state index >= 15 is 0 Å². The Bertz CT molecular complexity index is 550. The van der Waals surface area contributed by atoms with Crippen LogP contribution in [0.2, 0.25) is 0 Å². The van der Waals surface area contributed by atoms with E-state index in [4.69, 9.17) is 10.5 Å². The zero-order valence-electron chi connectivity index (χ0n) is 13.5. The van der Waals surface area contributed by atoms with Crippen molar-refractivity contribution in [2.75, 3.05) is 20.2 Å². The first-order valence-electron chi connectivity index (χ1n) is 7.19. The lowest BCUT2D eigenvalue weighted by Crippen LogP contribution is -2.30. The number of nitrogens with two attached hydrogens (primary N) is 1. The van der Waals surface area contributed by atoms with E-state index in [-0.39, 0.29) is 17.0 Å². The molecule has 0 aliphatic rings. The van der Waals surface area contributed by atoms with Crippen LogP contribution in [0.25, 0.3) is 0 Å². The Labute approximate surface area is 127 Å². The first kappa shape index (κ1) is 18.2. The summed E-state index contributed by atoms with van der Waals surface area (Å²) < 4.78 is 33.7. The number of aromatic nitrogens is 1. The smallest absolute Gasteiger partial charge is 0.244 e. The molecule has 2 N–H and O–H groups in total. The second-order valence-corrected chi connectivity index (χ2v) is 7.66. The highest BCUT2D eigenvalue weighted by Crippen LogP contribution is 2.21. The summed E-state index contributed by atoms with van der Waals surface area (Å²) in [4.78, 5) is 0.281. The van der Waals surface area contributed by atoms with E-state index in [1.807, 2.05) is 32.3 Å². The molecule has 0 bridgehead atoms. The molecule has 0 saturated heterocycles. The Hall–Kier alpha value is -0.890. The Balaban J connectivity index is 2.92. The second-order valence-electron chi connectivity index (χ2n) is 5.62. The zero-order valence-corrected chi connectivity index (χ0v) is 14.4. The van der Waals surface area contributed by atoms with E-state index < -0.39 is 10.0 Å². The van der Waals surface area contributed by atoms with Gasteiger partial charge in [0.05, 0.1) is 12.7 Å². The third kappa shape index (κ3) is 4.54. The van der Waals surface area contributed by atoms with Gasteiger partial charge in [-0.3, -0.25) is 0 Å². The third-order valence-corrected chi connectivity index (χ3v) is 5.06. The Morgan fingerprint density at radius 3 is 2.38 bits per heavy atom. The van der Waals surface area contributed by atoms with Crippen LogP contribution < -0.4 is 5.73 Å². The van der Waals surface area contributed by atoms with Gasteiger partial charge in [-0.25, -0.2) is 8.42 Å². The summed E-state index contributed by atoms with van der Waals surface area (Å²) in [6.07, 6.45) is 1.74. The molecule has 0 unspecified atom stereocenters. The number of nitrogens with zero attached hydrogens (tertiary/aromatic N) is 2. The van der Waals surface area contributed by atoms with Crippen molar-refractivity contribution in [2.45, 2.75) is 51.3 Å². The SMILES string of the molecule is CC(C)OCCN(C)S(=O)(=O)c1cc(CN)n(C(C)C)c1. The first-order valence-corrected chi connectivity index (χ1v) is 8.63. The molecule has 0 radical (unpaired) electrons. The van der Waals surface area contributed by atoms with Gasteiger partial charge in [0, 0.05) is 38.1 Å². The monoisotopic (exact) mass is 317 g/mol. The lowest BCUT2D eigenvalue weighted by Gasteiger charge is -2.17. The van der Waals surface area contributed by atoms with Gasteiger partial charge in [0.15, 0.2) is 0 Å². The predicted molar refractivity (Wildman–Crippen MR) is 83.6 cm³/mol. The van der Waals surface area contributed by atoms with Crippen LogP contribution in [-0.2, 0) is 21.3 Å². The molecule has 0 atom stereocenters. The molecular weight excluding hydrogens is 290 g/mol.